The third-order valence-electron chi connectivity index (χ3n) is 3.02. The highest BCUT2D eigenvalue weighted by Crippen LogP contribution is 2.21. The number of aromatic nitrogens is 3. The summed E-state index contributed by atoms with van der Waals surface area (Å²) in [5, 5.41) is 2.83. The summed E-state index contributed by atoms with van der Waals surface area (Å²) in [6.45, 7) is 1.99. The summed E-state index contributed by atoms with van der Waals surface area (Å²) >= 11 is 3.44. The third kappa shape index (κ3) is 2.90. The number of amides is 1. The molecule has 0 aliphatic heterocycles. The predicted molar refractivity (Wildman–Crippen MR) is 84.2 cm³/mol. The van der Waals surface area contributed by atoms with E-state index in [1.165, 1.54) is 6.20 Å². The van der Waals surface area contributed by atoms with Crippen LogP contribution in [0.4, 0.5) is 5.69 Å². The highest BCUT2D eigenvalue weighted by atomic mass is 79.9. The lowest BCUT2D eigenvalue weighted by atomic mass is 10.2. The molecule has 0 unspecified atom stereocenters. The first kappa shape index (κ1) is 13.6. The molecule has 1 amide bonds. The van der Waals surface area contributed by atoms with Crippen molar-refractivity contribution in [2.24, 2.45) is 0 Å². The maximum Gasteiger partial charge on any atom is 0.257 e. The molecule has 2 heterocycles. The van der Waals surface area contributed by atoms with E-state index in [2.05, 4.69) is 36.2 Å². The number of hydrogen-bond acceptors (Lipinski definition) is 4. The first-order valence-corrected chi connectivity index (χ1v) is 7.07. The van der Waals surface area contributed by atoms with Crippen LogP contribution in [0, 0.1) is 6.92 Å². The molecule has 0 saturated carbocycles. The normalized spacial score (nSPS) is 10.6. The predicted octanol–water partition coefficient (Wildman–Crippen LogP) is 3.35. The molecule has 0 aliphatic rings. The van der Waals surface area contributed by atoms with E-state index in [1.807, 2.05) is 25.1 Å². The Bertz CT molecular complexity index is 835. The molecule has 3 rings (SSSR count). The molecule has 0 atom stereocenters. The van der Waals surface area contributed by atoms with Gasteiger partial charge in [0.2, 0.25) is 0 Å². The minimum absolute atomic E-state index is 0.231. The number of carbonyl (C=O) groups excluding carboxylic acids is 1. The SMILES string of the molecule is Cc1ccc(NC(=O)c2cnc3nccnc3c2)cc1Br. The van der Waals surface area contributed by atoms with Crippen molar-refractivity contribution in [1.82, 2.24) is 15.0 Å². The van der Waals surface area contributed by atoms with Crippen molar-refractivity contribution in [2.45, 2.75) is 6.92 Å². The zero-order valence-corrected chi connectivity index (χ0v) is 12.8. The summed E-state index contributed by atoms with van der Waals surface area (Å²) in [6.07, 6.45) is 4.64. The minimum atomic E-state index is -0.231. The van der Waals surface area contributed by atoms with E-state index in [-0.39, 0.29) is 5.91 Å². The second-order valence-electron chi connectivity index (χ2n) is 4.54. The zero-order valence-electron chi connectivity index (χ0n) is 11.2. The molecule has 0 radical (unpaired) electrons. The van der Waals surface area contributed by atoms with Gasteiger partial charge in [-0.25, -0.2) is 9.97 Å². The second kappa shape index (κ2) is 5.57. The van der Waals surface area contributed by atoms with Gasteiger partial charge in [0, 0.05) is 28.8 Å². The second-order valence-corrected chi connectivity index (χ2v) is 5.40. The van der Waals surface area contributed by atoms with Crippen LogP contribution in [0.3, 0.4) is 0 Å². The van der Waals surface area contributed by atoms with Gasteiger partial charge in [0.05, 0.1) is 5.56 Å². The van der Waals surface area contributed by atoms with E-state index < -0.39 is 0 Å². The summed E-state index contributed by atoms with van der Waals surface area (Å²) < 4.78 is 0.947. The molecule has 2 aromatic heterocycles. The molecule has 3 aromatic rings. The first-order chi connectivity index (χ1) is 10.1. The first-order valence-electron chi connectivity index (χ1n) is 6.28. The van der Waals surface area contributed by atoms with E-state index in [4.69, 9.17) is 0 Å². The maximum absolute atomic E-state index is 12.2. The number of benzene rings is 1. The van der Waals surface area contributed by atoms with E-state index in [0.717, 1.165) is 15.7 Å². The van der Waals surface area contributed by atoms with Crippen molar-refractivity contribution >= 4 is 38.7 Å². The van der Waals surface area contributed by atoms with Gasteiger partial charge in [0.15, 0.2) is 5.65 Å². The van der Waals surface area contributed by atoms with Crippen molar-refractivity contribution in [1.29, 1.82) is 0 Å². The summed E-state index contributed by atoms with van der Waals surface area (Å²) in [5.41, 5.74) is 3.38. The molecule has 6 heteroatoms. The number of anilines is 1. The molecule has 0 spiro atoms. The fourth-order valence-electron chi connectivity index (χ4n) is 1.86. The number of fused-ring (bicyclic) bond motifs is 1. The Morgan fingerprint density at radius 2 is 1.95 bits per heavy atom. The highest BCUT2D eigenvalue weighted by Gasteiger charge is 2.09. The Hall–Kier alpha value is -2.34. The van der Waals surface area contributed by atoms with E-state index in [0.29, 0.717) is 16.7 Å². The van der Waals surface area contributed by atoms with Crippen LogP contribution < -0.4 is 5.32 Å². The third-order valence-corrected chi connectivity index (χ3v) is 3.87. The Labute approximate surface area is 129 Å². The number of rotatable bonds is 2. The van der Waals surface area contributed by atoms with Gasteiger partial charge in [-0.2, -0.15) is 0 Å². The number of hydrogen-bond donors (Lipinski definition) is 1. The molecule has 104 valence electrons. The Morgan fingerprint density at radius 1 is 1.14 bits per heavy atom. The summed E-state index contributed by atoms with van der Waals surface area (Å²) in [7, 11) is 0. The fraction of sp³-hybridized carbons (Fsp3) is 0.0667. The lowest BCUT2D eigenvalue weighted by Gasteiger charge is -2.07. The van der Waals surface area contributed by atoms with Crippen LogP contribution in [0.1, 0.15) is 15.9 Å². The topological polar surface area (TPSA) is 67.8 Å². The summed E-state index contributed by atoms with van der Waals surface area (Å²) in [4.78, 5) is 24.6. The van der Waals surface area contributed by atoms with E-state index in [9.17, 15) is 4.79 Å². The smallest absolute Gasteiger partial charge is 0.257 e. The lowest BCUT2D eigenvalue weighted by Crippen LogP contribution is -2.12. The standard InChI is InChI=1S/C15H11BrN4O/c1-9-2-3-11(7-12(9)16)20-15(21)10-6-13-14(19-8-10)18-5-4-17-13/h2-8H,1H3,(H,20,21). The van der Waals surface area contributed by atoms with E-state index >= 15 is 0 Å². The molecular formula is C15H11BrN4O. The quantitative estimate of drug-likeness (QED) is 0.775. The molecular weight excluding hydrogens is 332 g/mol. The Kier molecular flexibility index (Phi) is 3.62. The molecule has 1 aromatic carbocycles. The molecule has 0 aliphatic carbocycles. The number of halogens is 1. The Balaban J connectivity index is 1.87. The number of carbonyl (C=O) groups is 1. The fourth-order valence-corrected chi connectivity index (χ4v) is 2.23. The van der Waals surface area contributed by atoms with Gasteiger partial charge < -0.3 is 5.32 Å². The molecule has 0 bridgehead atoms. The zero-order chi connectivity index (χ0) is 14.8. The number of aryl methyl sites for hydroxylation is 1. The minimum Gasteiger partial charge on any atom is -0.322 e. The Morgan fingerprint density at radius 3 is 2.76 bits per heavy atom. The molecule has 5 nitrogen and oxygen atoms in total. The highest BCUT2D eigenvalue weighted by molar-refractivity contribution is 9.10. The molecule has 0 fully saturated rings. The number of pyridine rings is 1. The van der Waals surface area contributed by atoms with Crippen molar-refractivity contribution in [2.75, 3.05) is 5.32 Å². The molecule has 21 heavy (non-hydrogen) atoms. The van der Waals surface area contributed by atoms with Crippen molar-refractivity contribution in [3.8, 4) is 0 Å². The van der Waals surface area contributed by atoms with Crippen LogP contribution in [0.25, 0.3) is 11.2 Å². The van der Waals surface area contributed by atoms with Gasteiger partial charge in [0.1, 0.15) is 5.52 Å². The summed E-state index contributed by atoms with van der Waals surface area (Å²) in [6, 6.07) is 7.32. The van der Waals surface area contributed by atoms with Gasteiger partial charge in [-0.3, -0.25) is 9.78 Å². The van der Waals surface area contributed by atoms with Gasteiger partial charge in [0.25, 0.3) is 5.91 Å². The van der Waals surface area contributed by atoms with Crippen molar-refractivity contribution < 1.29 is 4.79 Å². The molecule has 1 N–H and O–H groups in total. The number of nitrogens with zero attached hydrogens (tertiary/aromatic N) is 3. The van der Waals surface area contributed by atoms with E-state index in [1.54, 1.807) is 18.5 Å². The largest absolute Gasteiger partial charge is 0.322 e. The summed E-state index contributed by atoms with van der Waals surface area (Å²) in [5.74, 6) is -0.231. The van der Waals surface area contributed by atoms with Crippen LogP contribution in [0.2, 0.25) is 0 Å². The lowest BCUT2D eigenvalue weighted by molar-refractivity contribution is 0.102. The number of nitrogens with one attached hydrogen (secondary N) is 1. The van der Waals surface area contributed by atoms with Crippen molar-refractivity contribution in [3.05, 3.63) is 58.5 Å². The van der Waals surface area contributed by atoms with Gasteiger partial charge in [-0.05, 0) is 30.7 Å². The maximum atomic E-state index is 12.2. The van der Waals surface area contributed by atoms with Crippen molar-refractivity contribution in [3.63, 3.8) is 0 Å². The van der Waals surface area contributed by atoms with Gasteiger partial charge >= 0.3 is 0 Å². The van der Waals surface area contributed by atoms with Crippen LogP contribution in [0.15, 0.2) is 47.3 Å². The molecule has 0 saturated heterocycles. The average Bonchev–Trinajstić information content (AvgIpc) is 2.50. The average molecular weight is 343 g/mol. The van der Waals surface area contributed by atoms with Crippen LogP contribution >= 0.6 is 15.9 Å². The van der Waals surface area contributed by atoms with Crippen LogP contribution in [0.5, 0.6) is 0 Å². The van der Waals surface area contributed by atoms with Gasteiger partial charge in [-0.1, -0.05) is 22.0 Å². The van der Waals surface area contributed by atoms with Gasteiger partial charge in [-0.15, -0.1) is 0 Å². The monoisotopic (exact) mass is 342 g/mol. The van der Waals surface area contributed by atoms with Crippen LogP contribution in [-0.2, 0) is 0 Å². The van der Waals surface area contributed by atoms with Crippen LogP contribution in [-0.4, -0.2) is 20.9 Å².